The standard InChI is InChI=1S/C36H38N4O9S/c1-3-21-19-36(21,35(44)40-50(45,46)24-11-12-24)38-33(42)30-18-23-17-29(30)32(41)37-20(2)34(43)48-15-7-6-14-47-22-10-13-26-25-8-4-5-9-27(25)31(39-49-23)28(26)16-22/h3-10,13,16,20-21,23-24,29-30H,1,11-12,14-15,17-19H2,2H3,(H,37,41)(H,38,42)(H,40,44)/b7-6+,39-31-/t20-,21-,23+,29-,30-,36-/m1/s1. The van der Waals surface area contributed by atoms with E-state index in [1.54, 1.807) is 12.2 Å². The van der Waals surface area contributed by atoms with Crippen LogP contribution in [0.25, 0.3) is 11.1 Å². The highest BCUT2D eigenvalue weighted by molar-refractivity contribution is 7.91. The topological polar surface area (TPSA) is 179 Å². The van der Waals surface area contributed by atoms with Crippen molar-refractivity contribution in [3.8, 4) is 16.9 Å². The third-order valence-electron chi connectivity index (χ3n) is 10.0. The number of ether oxygens (including phenoxy) is 2. The molecule has 2 aromatic carbocycles. The number of carbonyl (C=O) groups excluding carboxylic acids is 4. The maximum Gasteiger partial charge on any atom is 0.328 e. The van der Waals surface area contributed by atoms with E-state index in [1.165, 1.54) is 13.0 Å². The van der Waals surface area contributed by atoms with Crippen LogP contribution >= 0.6 is 0 Å². The minimum Gasteiger partial charge on any atom is -0.490 e. The van der Waals surface area contributed by atoms with Crippen molar-refractivity contribution in [1.82, 2.24) is 15.4 Å². The molecule has 7 rings (SSSR count). The molecule has 262 valence electrons. The molecule has 1 aliphatic heterocycles. The molecule has 2 aromatic rings. The van der Waals surface area contributed by atoms with E-state index >= 15 is 0 Å². The van der Waals surface area contributed by atoms with Crippen LogP contribution in [0.1, 0.15) is 50.2 Å². The van der Waals surface area contributed by atoms with E-state index in [1.807, 2.05) is 42.5 Å². The molecule has 0 unspecified atom stereocenters. The van der Waals surface area contributed by atoms with E-state index in [4.69, 9.17) is 14.3 Å². The fourth-order valence-corrected chi connectivity index (χ4v) is 8.30. The number of hydrogen-bond acceptors (Lipinski definition) is 10. The van der Waals surface area contributed by atoms with Crippen LogP contribution in [0, 0.1) is 17.8 Å². The summed E-state index contributed by atoms with van der Waals surface area (Å²) in [5.41, 5.74) is 2.64. The van der Waals surface area contributed by atoms with Gasteiger partial charge in [-0.2, -0.15) is 0 Å². The molecule has 3 saturated carbocycles. The van der Waals surface area contributed by atoms with Gasteiger partial charge in [0, 0.05) is 17.0 Å². The number of rotatable bonds is 6. The van der Waals surface area contributed by atoms with Crippen molar-refractivity contribution in [2.24, 2.45) is 22.9 Å². The first-order chi connectivity index (χ1) is 24.0. The van der Waals surface area contributed by atoms with Gasteiger partial charge in [-0.3, -0.25) is 19.1 Å². The molecule has 3 fully saturated rings. The Morgan fingerprint density at radius 1 is 1.00 bits per heavy atom. The molecule has 0 aromatic heterocycles. The van der Waals surface area contributed by atoms with Crippen LogP contribution in [-0.2, 0) is 38.8 Å². The summed E-state index contributed by atoms with van der Waals surface area (Å²) in [6, 6.07) is 12.4. The van der Waals surface area contributed by atoms with E-state index in [0.29, 0.717) is 24.3 Å². The molecule has 50 heavy (non-hydrogen) atoms. The first-order valence-electron chi connectivity index (χ1n) is 16.7. The molecule has 0 radical (unpaired) electrons. The maximum absolute atomic E-state index is 14.0. The van der Waals surface area contributed by atoms with E-state index in [0.717, 1.165) is 22.3 Å². The zero-order valence-corrected chi connectivity index (χ0v) is 28.2. The molecule has 3 N–H and O–H groups in total. The molecule has 14 heteroatoms. The highest BCUT2D eigenvalue weighted by atomic mass is 32.2. The number of nitrogens with zero attached hydrogens (tertiary/aromatic N) is 1. The highest BCUT2D eigenvalue weighted by Crippen LogP contribution is 2.46. The Morgan fingerprint density at radius 3 is 2.44 bits per heavy atom. The predicted molar refractivity (Wildman–Crippen MR) is 181 cm³/mol. The Bertz CT molecular complexity index is 1940. The average Bonchev–Trinajstić information content (AvgIpc) is 4.01. The number of nitrogens with one attached hydrogen (secondary N) is 3. The monoisotopic (exact) mass is 702 g/mol. The Labute approximate surface area is 289 Å². The summed E-state index contributed by atoms with van der Waals surface area (Å²) in [7, 11) is -3.88. The number of sulfonamides is 1. The van der Waals surface area contributed by atoms with Gasteiger partial charge in [0.1, 0.15) is 42.4 Å². The molecule has 4 bridgehead atoms. The van der Waals surface area contributed by atoms with Gasteiger partial charge in [-0.15, -0.1) is 6.58 Å². The second-order valence-electron chi connectivity index (χ2n) is 13.4. The normalized spacial score (nSPS) is 30.6. The number of oxime groups is 1. The number of benzene rings is 2. The van der Waals surface area contributed by atoms with Crippen LogP contribution in [0.5, 0.6) is 5.75 Å². The first-order valence-corrected chi connectivity index (χ1v) is 18.3. The summed E-state index contributed by atoms with van der Waals surface area (Å²) in [6.45, 7) is 5.44. The van der Waals surface area contributed by atoms with Crippen LogP contribution in [0.2, 0.25) is 0 Å². The molecular formula is C36H38N4O9S. The molecule has 4 aliphatic carbocycles. The van der Waals surface area contributed by atoms with Gasteiger partial charge in [0.15, 0.2) is 0 Å². The van der Waals surface area contributed by atoms with E-state index in [2.05, 4.69) is 27.1 Å². The van der Waals surface area contributed by atoms with Crippen molar-refractivity contribution in [3.05, 3.63) is 78.4 Å². The van der Waals surface area contributed by atoms with Gasteiger partial charge in [-0.05, 0) is 80.5 Å². The maximum atomic E-state index is 14.0. The summed E-state index contributed by atoms with van der Waals surface area (Å²) in [5.74, 6) is -4.53. The fraction of sp³-hybridized carbons (Fsp3) is 0.417. The Morgan fingerprint density at radius 2 is 1.72 bits per heavy atom. The van der Waals surface area contributed by atoms with Gasteiger partial charge in [0.05, 0.1) is 17.1 Å². The quantitative estimate of drug-likeness (QED) is 0.257. The van der Waals surface area contributed by atoms with Gasteiger partial charge < -0.3 is 24.9 Å². The van der Waals surface area contributed by atoms with Gasteiger partial charge in [0.25, 0.3) is 5.91 Å². The van der Waals surface area contributed by atoms with Gasteiger partial charge in [-0.25, -0.2) is 13.2 Å². The summed E-state index contributed by atoms with van der Waals surface area (Å²) < 4.78 is 38.6. The van der Waals surface area contributed by atoms with E-state index in [9.17, 15) is 27.6 Å². The van der Waals surface area contributed by atoms with Crippen molar-refractivity contribution < 1.29 is 41.9 Å². The summed E-state index contributed by atoms with van der Waals surface area (Å²) in [4.78, 5) is 59.9. The summed E-state index contributed by atoms with van der Waals surface area (Å²) in [6.07, 6.45) is 5.42. The lowest BCUT2D eigenvalue weighted by Crippen LogP contribution is -2.54. The largest absolute Gasteiger partial charge is 0.490 e. The van der Waals surface area contributed by atoms with Gasteiger partial charge >= 0.3 is 5.97 Å². The zero-order chi connectivity index (χ0) is 35.2. The molecule has 3 amide bonds. The second-order valence-corrected chi connectivity index (χ2v) is 15.4. The van der Waals surface area contributed by atoms with Gasteiger partial charge in [0.2, 0.25) is 21.8 Å². The van der Waals surface area contributed by atoms with Crippen molar-refractivity contribution in [2.75, 3.05) is 13.2 Å². The number of carbonyl (C=O) groups is 4. The molecule has 0 saturated heterocycles. The number of esters is 1. The number of fused-ring (bicyclic) bond motifs is 6. The molecular weight excluding hydrogens is 664 g/mol. The van der Waals surface area contributed by atoms with Crippen molar-refractivity contribution >= 4 is 39.4 Å². The highest BCUT2D eigenvalue weighted by Gasteiger charge is 2.62. The zero-order valence-electron chi connectivity index (χ0n) is 27.4. The summed E-state index contributed by atoms with van der Waals surface area (Å²) >= 11 is 0. The van der Waals surface area contributed by atoms with Gasteiger partial charge in [-0.1, -0.05) is 35.5 Å². The third-order valence-corrected chi connectivity index (χ3v) is 11.8. The Kier molecular flexibility index (Phi) is 8.75. The van der Waals surface area contributed by atoms with Crippen LogP contribution in [-0.4, -0.2) is 74.0 Å². The number of amides is 3. The molecule has 5 aliphatic rings. The lowest BCUT2D eigenvalue weighted by molar-refractivity contribution is -0.147. The molecule has 0 spiro atoms. The molecule has 6 atom stereocenters. The van der Waals surface area contributed by atoms with E-state index in [-0.39, 0.29) is 32.5 Å². The van der Waals surface area contributed by atoms with Crippen LogP contribution in [0.4, 0.5) is 0 Å². The van der Waals surface area contributed by atoms with Crippen LogP contribution < -0.4 is 20.1 Å². The Balaban J connectivity index is 1.18. The fourth-order valence-electron chi connectivity index (χ4n) is 6.94. The molecule has 1 heterocycles. The Hall–Kier alpha value is -4.98. The number of hydrogen-bond donors (Lipinski definition) is 3. The lowest BCUT2D eigenvalue weighted by atomic mass is 9.93. The minimum atomic E-state index is -3.88. The van der Waals surface area contributed by atoms with Crippen molar-refractivity contribution in [2.45, 2.75) is 62.0 Å². The minimum absolute atomic E-state index is 0.0336. The van der Waals surface area contributed by atoms with E-state index < -0.39 is 74.4 Å². The van der Waals surface area contributed by atoms with Crippen LogP contribution in [0.3, 0.4) is 0 Å². The molecule has 13 nitrogen and oxygen atoms in total. The SMILES string of the molecule is C=C[C@@H]1C[C@]1(NC(=O)[C@@H]1C[C@@H]2C[C@H]1C(=O)N[C@H](C)C(=O)OC/C=C/COc1ccc3c(c1)/C(=N\O2)c1ccccc1-3)C(=O)NS(=O)(=O)C1CC1. The van der Waals surface area contributed by atoms with Crippen molar-refractivity contribution in [1.29, 1.82) is 0 Å². The smallest absolute Gasteiger partial charge is 0.328 e. The third kappa shape index (κ3) is 6.39. The lowest BCUT2D eigenvalue weighted by Gasteiger charge is -2.24. The first kappa shape index (κ1) is 33.5. The average molecular weight is 703 g/mol. The number of cyclic esters (lactones) is 1. The predicted octanol–water partition coefficient (Wildman–Crippen LogP) is 2.50. The second kappa shape index (κ2) is 13.0. The van der Waals surface area contributed by atoms with Crippen molar-refractivity contribution in [3.63, 3.8) is 0 Å². The summed E-state index contributed by atoms with van der Waals surface area (Å²) in [5, 5.41) is 9.39. The van der Waals surface area contributed by atoms with Crippen LogP contribution in [0.15, 0.2) is 72.4 Å².